The highest BCUT2D eigenvalue weighted by molar-refractivity contribution is 7.99. The van der Waals surface area contributed by atoms with Crippen molar-refractivity contribution >= 4 is 22.7 Å². The van der Waals surface area contributed by atoms with Crippen molar-refractivity contribution in [3.8, 4) is 44.9 Å². The van der Waals surface area contributed by atoms with Gasteiger partial charge in [0.05, 0.1) is 16.6 Å². The highest BCUT2D eigenvalue weighted by Crippen LogP contribution is 2.63. The van der Waals surface area contributed by atoms with E-state index < -0.39 is 5.41 Å². The monoisotopic (exact) mass is 628 g/mol. The molecule has 1 aromatic heterocycles. The fraction of sp³-hybridized carbons (Fsp3) is 0.0222. The van der Waals surface area contributed by atoms with Gasteiger partial charge in [0, 0.05) is 26.3 Å². The summed E-state index contributed by atoms with van der Waals surface area (Å²) in [5.74, 6) is 0.744. The molecule has 2 aliphatic rings. The number of rotatable bonds is 3. The van der Waals surface area contributed by atoms with E-state index in [9.17, 15) is 0 Å². The third kappa shape index (κ3) is 3.89. The van der Waals surface area contributed by atoms with Crippen LogP contribution in [0.15, 0.2) is 180 Å². The molecule has 0 saturated carbocycles. The zero-order valence-electron chi connectivity index (χ0n) is 26.0. The molecule has 1 aliphatic carbocycles. The van der Waals surface area contributed by atoms with Crippen molar-refractivity contribution < 1.29 is 0 Å². The molecule has 2 heterocycles. The maximum absolute atomic E-state index is 5.46. The van der Waals surface area contributed by atoms with E-state index in [1.807, 2.05) is 11.8 Å². The van der Waals surface area contributed by atoms with E-state index in [1.54, 1.807) is 0 Å². The lowest BCUT2D eigenvalue weighted by Gasteiger charge is -2.40. The van der Waals surface area contributed by atoms with Crippen molar-refractivity contribution in [1.82, 2.24) is 9.97 Å². The van der Waals surface area contributed by atoms with Gasteiger partial charge in [-0.25, -0.2) is 9.97 Å². The molecular weight excluding hydrogens is 601 g/mol. The van der Waals surface area contributed by atoms with Crippen molar-refractivity contribution in [3.63, 3.8) is 0 Å². The van der Waals surface area contributed by atoms with Crippen LogP contribution in [-0.4, -0.2) is 9.97 Å². The van der Waals surface area contributed by atoms with E-state index >= 15 is 0 Å². The second kappa shape index (κ2) is 10.6. The Morgan fingerprint density at radius 3 is 1.73 bits per heavy atom. The van der Waals surface area contributed by atoms with Crippen molar-refractivity contribution in [2.24, 2.45) is 0 Å². The van der Waals surface area contributed by atoms with Crippen LogP contribution in [0.25, 0.3) is 55.8 Å². The Morgan fingerprint density at radius 1 is 0.396 bits per heavy atom. The van der Waals surface area contributed by atoms with E-state index in [0.29, 0.717) is 0 Å². The number of aromatic nitrogens is 2. The van der Waals surface area contributed by atoms with Crippen molar-refractivity contribution in [3.05, 3.63) is 192 Å². The molecule has 10 rings (SSSR count). The molecule has 1 aliphatic heterocycles. The number of fused-ring (bicyclic) bond motifs is 10. The van der Waals surface area contributed by atoms with Gasteiger partial charge < -0.3 is 0 Å². The molecule has 48 heavy (non-hydrogen) atoms. The molecule has 0 N–H and O–H groups in total. The fourth-order valence-electron chi connectivity index (χ4n) is 7.97. The van der Waals surface area contributed by atoms with E-state index in [-0.39, 0.29) is 0 Å². The highest BCUT2D eigenvalue weighted by atomic mass is 32.2. The Bertz CT molecular complexity index is 2490. The molecule has 0 unspecified atom stereocenters. The standard InChI is InChI=1S/C45H28N2S/c1-2-13-29(14-3-1)30-25-27-31(28-26-30)43-34-16-5-9-22-39(34)46-44(47-43)35-18-12-17-33-32-15-4-6-19-36(32)45(42(33)35)37-20-7-10-23-40(37)48-41-24-11-8-21-38(41)45/h1-28H. The van der Waals surface area contributed by atoms with Gasteiger partial charge in [0.25, 0.3) is 0 Å². The van der Waals surface area contributed by atoms with E-state index in [4.69, 9.17) is 9.97 Å². The molecule has 2 nitrogen and oxygen atoms in total. The summed E-state index contributed by atoms with van der Waals surface area (Å²) >= 11 is 1.86. The summed E-state index contributed by atoms with van der Waals surface area (Å²) < 4.78 is 0. The van der Waals surface area contributed by atoms with Crippen LogP contribution in [0.2, 0.25) is 0 Å². The van der Waals surface area contributed by atoms with Gasteiger partial charge in [0.15, 0.2) is 5.82 Å². The third-order valence-electron chi connectivity index (χ3n) is 9.97. The average molecular weight is 629 g/mol. The van der Waals surface area contributed by atoms with Crippen LogP contribution >= 0.6 is 11.8 Å². The number of nitrogens with zero attached hydrogens (tertiary/aromatic N) is 2. The Morgan fingerprint density at radius 2 is 0.958 bits per heavy atom. The molecule has 8 aromatic rings. The van der Waals surface area contributed by atoms with Gasteiger partial charge in [0.1, 0.15) is 0 Å². The summed E-state index contributed by atoms with van der Waals surface area (Å²) in [4.78, 5) is 13.3. The van der Waals surface area contributed by atoms with Gasteiger partial charge in [0.2, 0.25) is 0 Å². The average Bonchev–Trinajstić information content (AvgIpc) is 3.46. The van der Waals surface area contributed by atoms with Gasteiger partial charge >= 0.3 is 0 Å². The first kappa shape index (κ1) is 27.4. The quantitative estimate of drug-likeness (QED) is 0.195. The predicted octanol–water partition coefficient (Wildman–Crippen LogP) is 11.5. The zero-order valence-corrected chi connectivity index (χ0v) is 26.8. The second-order valence-corrected chi connectivity index (χ2v) is 13.6. The van der Waals surface area contributed by atoms with Gasteiger partial charge in [-0.05, 0) is 62.7 Å². The van der Waals surface area contributed by atoms with Gasteiger partial charge in [-0.15, -0.1) is 0 Å². The summed E-state index contributed by atoms with van der Waals surface area (Å²) in [7, 11) is 0. The van der Waals surface area contributed by atoms with E-state index in [2.05, 4.69) is 170 Å². The molecule has 0 amide bonds. The first-order valence-corrected chi connectivity index (χ1v) is 17.2. The molecular formula is C45H28N2S. The molecule has 0 atom stereocenters. The smallest absolute Gasteiger partial charge is 0.160 e. The van der Waals surface area contributed by atoms with Gasteiger partial charge in [-0.2, -0.15) is 0 Å². The van der Waals surface area contributed by atoms with Crippen molar-refractivity contribution in [2.45, 2.75) is 15.2 Å². The third-order valence-corrected chi connectivity index (χ3v) is 11.1. The topological polar surface area (TPSA) is 25.8 Å². The number of hydrogen-bond acceptors (Lipinski definition) is 3. The Kier molecular flexibility index (Phi) is 6.06. The van der Waals surface area contributed by atoms with Gasteiger partial charge in [-0.3, -0.25) is 0 Å². The summed E-state index contributed by atoms with van der Waals surface area (Å²) in [5.41, 5.74) is 13.6. The van der Waals surface area contributed by atoms with Crippen LogP contribution < -0.4 is 0 Å². The molecule has 0 bridgehead atoms. The van der Waals surface area contributed by atoms with Crippen LogP contribution in [0.1, 0.15) is 22.3 Å². The largest absolute Gasteiger partial charge is 0.228 e. The highest BCUT2D eigenvalue weighted by Gasteiger charge is 2.51. The maximum Gasteiger partial charge on any atom is 0.160 e. The summed E-state index contributed by atoms with van der Waals surface area (Å²) in [6.07, 6.45) is 0. The van der Waals surface area contributed by atoms with Crippen LogP contribution in [-0.2, 0) is 5.41 Å². The summed E-state index contributed by atoms with van der Waals surface area (Å²) in [6.45, 7) is 0. The van der Waals surface area contributed by atoms with E-state index in [1.165, 1.54) is 54.3 Å². The SMILES string of the molecule is c1ccc(-c2ccc(-c3nc(-c4cccc5c4C4(c6ccccc6Sc6ccccc64)c4ccccc4-5)nc4ccccc34)cc2)cc1. The Labute approximate surface area is 283 Å². The molecule has 0 fully saturated rings. The van der Waals surface area contributed by atoms with Crippen LogP contribution in [0.3, 0.4) is 0 Å². The predicted molar refractivity (Wildman–Crippen MR) is 197 cm³/mol. The first-order valence-electron chi connectivity index (χ1n) is 16.3. The normalized spacial score (nSPS) is 13.5. The van der Waals surface area contributed by atoms with Crippen LogP contribution in [0.5, 0.6) is 0 Å². The number of para-hydroxylation sites is 1. The first-order chi connectivity index (χ1) is 23.8. The summed E-state index contributed by atoms with van der Waals surface area (Å²) in [5, 5.41) is 1.05. The lowest BCUT2D eigenvalue weighted by molar-refractivity contribution is 0.723. The van der Waals surface area contributed by atoms with Gasteiger partial charge in [-0.1, -0.05) is 163 Å². The lowest BCUT2D eigenvalue weighted by atomic mass is 9.66. The molecule has 0 radical (unpaired) electrons. The fourth-order valence-corrected chi connectivity index (χ4v) is 9.16. The number of hydrogen-bond donors (Lipinski definition) is 0. The van der Waals surface area contributed by atoms with Crippen LogP contribution in [0.4, 0.5) is 0 Å². The Balaban J connectivity index is 1.26. The summed E-state index contributed by atoms with van der Waals surface area (Å²) in [6, 6.07) is 61.2. The molecule has 0 saturated heterocycles. The van der Waals surface area contributed by atoms with Crippen molar-refractivity contribution in [2.75, 3.05) is 0 Å². The molecule has 224 valence electrons. The minimum Gasteiger partial charge on any atom is -0.228 e. The van der Waals surface area contributed by atoms with E-state index in [0.717, 1.165) is 33.5 Å². The second-order valence-electron chi connectivity index (χ2n) is 12.5. The molecule has 3 heteroatoms. The molecule has 7 aromatic carbocycles. The Hall–Kier alpha value is -5.77. The van der Waals surface area contributed by atoms with Crippen LogP contribution in [0, 0.1) is 0 Å². The zero-order chi connectivity index (χ0) is 31.7. The number of benzene rings is 7. The molecule has 1 spiro atoms. The van der Waals surface area contributed by atoms with Crippen molar-refractivity contribution in [1.29, 1.82) is 0 Å². The lowest BCUT2D eigenvalue weighted by Crippen LogP contribution is -2.32. The minimum atomic E-state index is -0.506. The minimum absolute atomic E-state index is 0.506. The maximum atomic E-state index is 5.46.